The van der Waals surface area contributed by atoms with E-state index in [-0.39, 0.29) is 0 Å². The number of methoxy groups -OCH3 is 1. The molecule has 0 atom stereocenters. The summed E-state index contributed by atoms with van der Waals surface area (Å²) in [4.78, 5) is 21.8. The summed E-state index contributed by atoms with van der Waals surface area (Å²) in [5.41, 5.74) is 1.09. The van der Waals surface area contributed by atoms with Crippen molar-refractivity contribution in [1.29, 1.82) is 0 Å². The van der Waals surface area contributed by atoms with E-state index in [0.717, 1.165) is 10.0 Å². The number of esters is 1. The third-order valence-electron chi connectivity index (χ3n) is 1.98. The summed E-state index contributed by atoms with van der Waals surface area (Å²) in [6, 6.07) is 7.76. The number of rotatable bonds is 3. The molecule has 1 rings (SSSR count). The lowest BCUT2D eigenvalue weighted by Crippen LogP contribution is -2.33. The van der Waals surface area contributed by atoms with Gasteiger partial charge in [-0.15, -0.1) is 0 Å². The highest BCUT2D eigenvalue weighted by Gasteiger charge is 2.11. The molecule has 0 saturated carbocycles. The molecule has 5 heteroatoms. The zero-order valence-corrected chi connectivity index (χ0v) is 10.4. The SMILES string of the molecule is COC(=O)C(=O)NCCc1ccc(Br)cc1. The van der Waals surface area contributed by atoms with Gasteiger partial charge in [0.25, 0.3) is 0 Å². The van der Waals surface area contributed by atoms with Gasteiger partial charge in [0.05, 0.1) is 7.11 Å². The van der Waals surface area contributed by atoms with E-state index in [9.17, 15) is 9.59 Å². The molecule has 16 heavy (non-hydrogen) atoms. The zero-order valence-electron chi connectivity index (χ0n) is 8.83. The van der Waals surface area contributed by atoms with Crippen molar-refractivity contribution in [3.8, 4) is 0 Å². The molecule has 1 N–H and O–H groups in total. The topological polar surface area (TPSA) is 55.4 Å². The summed E-state index contributed by atoms with van der Waals surface area (Å²) >= 11 is 3.33. The molecule has 0 unspecified atom stereocenters. The van der Waals surface area contributed by atoms with E-state index in [1.165, 1.54) is 7.11 Å². The standard InChI is InChI=1S/C11H12BrNO3/c1-16-11(15)10(14)13-7-6-8-2-4-9(12)5-3-8/h2-5H,6-7H2,1H3,(H,13,14). The minimum absolute atomic E-state index is 0.412. The van der Waals surface area contributed by atoms with Crippen molar-refractivity contribution in [2.75, 3.05) is 13.7 Å². The van der Waals surface area contributed by atoms with Crippen molar-refractivity contribution in [3.63, 3.8) is 0 Å². The average molecular weight is 286 g/mol. The zero-order chi connectivity index (χ0) is 12.0. The third-order valence-corrected chi connectivity index (χ3v) is 2.51. The lowest BCUT2D eigenvalue weighted by molar-refractivity contribution is -0.152. The predicted octanol–water partition coefficient (Wildman–Crippen LogP) is 1.28. The Morgan fingerprint density at radius 3 is 2.50 bits per heavy atom. The summed E-state index contributed by atoms with van der Waals surface area (Å²) in [5.74, 6) is -1.57. The Kier molecular flexibility index (Phi) is 4.98. The second-order valence-electron chi connectivity index (χ2n) is 3.12. The number of carbonyl (C=O) groups is 2. The van der Waals surface area contributed by atoms with Crippen LogP contribution < -0.4 is 5.32 Å². The quantitative estimate of drug-likeness (QED) is 0.672. The van der Waals surface area contributed by atoms with E-state index in [1.807, 2.05) is 24.3 Å². The van der Waals surface area contributed by atoms with Crippen LogP contribution in [0.25, 0.3) is 0 Å². The number of benzene rings is 1. The van der Waals surface area contributed by atoms with Gasteiger partial charge in [-0.1, -0.05) is 28.1 Å². The number of nitrogens with one attached hydrogen (secondary N) is 1. The van der Waals surface area contributed by atoms with E-state index in [4.69, 9.17) is 0 Å². The minimum atomic E-state index is -0.865. The number of amides is 1. The fraction of sp³-hybridized carbons (Fsp3) is 0.273. The second kappa shape index (κ2) is 6.27. The van der Waals surface area contributed by atoms with Crippen molar-refractivity contribution >= 4 is 27.8 Å². The van der Waals surface area contributed by atoms with Gasteiger partial charge >= 0.3 is 11.9 Å². The van der Waals surface area contributed by atoms with Crippen LogP contribution in [0.2, 0.25) is 0 Å². The highest BCUT2D eigenvalue weighted by atomic mass is 79.9. The van der Waals surface area contributed by atoms with Gasteiger partial charge in [0, 0.05) is 11.0 Å². The normalized spacial score (nSPS) is 9.62. The molecule has 0 radical (unpaired) electrons. The average Bonchev–Trinajstić information content (AvgIpc) is 2.30. The Morgan fingerprint density at radius 2 is 1.94 bits per heavy atom. The lowest BCUT2D eigenvalue weighted by Gasteiger charge is -2.03. The first-order chi connectivity index (χ1) is 7.63. The monoisotopic (exact) mass is 285 g/mol. The maximum absolute atomic E-state index is 11.0. The molecular weight excluding hydrogens is 274 g/mol. The van der Waals surface area contributed by atoms with Gasteiger partial charge in [-0.05, 0) is 24.1 Å². The Morgan fingerprint density at radius 1 is 1.31 bits per heavy atom. The van der Waals surface area contributed by atoms with Crippen molar-refractivity contribution in [2.45, 2.75) is 6.42 Å². The van der Waals surface area contributed by atoms with Crippen LogP contribution in [0, 0.1) is 0 Å². The van der Waals surface area contributed by atoms with E-state index in [2.05, 4.69) is 26.0 Å². The van der Waals surface area contributed by atoms with Crippen LogP contribution in [0.4, 0.5) is 0 Å². The molecule has 0 aromatic heterocycles. The van der Waals surface area contributed by atoms with Crippen LogP contribution >= 0.6 is 15.9 Å². The fourth-order valence-electron chi connectivity index (χ4n) is 1.14. The Labute approximate surface area is 102 Å². The number of carbonyl (C=O) groups excluding carboxylic acids is 2. The van der Waals surface area contributed by atoms with Gasteiger partial charge in [-0.3, -0.25) is 4.79 Å². The molecule has 0 aliphatic heterocycles. The largest absolute Gasteiger partial charge is 0.462 e. The predicted molar refractivity (Wildman–Crippen MR) is 62.9 cm³/mol. The molecule has 0 bridgehead atoms. The Bertz CT molecular complexity index is 375. The second-order valence-corrected chi connectivity index (χ2v) is 4.04. The Balaban J connectivity index is 2.33. The molecule has 0 heterocycles. The molecule has 0 spiro atoms. The highest BCUT2D eigenvalue weighted by Crippen LogP contribution is 2.10. The van der Waals surface area contributed by atoms with Crippen LogP contribution in [-0.2, 0) is 20.7 Å². The van der Waals surface area contributed by atoms with Crippen LogP contribution in [0.15, 0.2) is 28.7 Å². The van der Waals surface area contributed by atoms with Gasteiger partial charge in [0.15, 0.2) is 0 Å². The molecule has 0 fully saturated rings. The first-order valence-corrected chi connectivity index (χ1v) is 5.53. The summed E-state index contributed by atoms with van der Waals surface area (Å²) in [6.07, 6.45) is 0.677. The van der Waals surface area contributed by atoms with Crippen LogP contribution in [0.1, 0.15) is 5.56 Å². The lowest BCUT2D eigenvalue weighted by atomic mass is 10.1. The minimum Gasteiger partial charge on any atom is -0.462 e. The Hall–Kier alpha value is -1.36. The molecular formula is C11H12BrNO3. The van der Waals surface area contributed by atoms with Gasteiger partial charge in [-0.25, -0.2) is 4.79 Å². The molecule has 0 aliphatic rings. The van der Waals surface area contributed by atoms with Gasteiger partial charge in [0.1, 0.15) is 0 Å². The van der Waals surface area contributed by atoms with Crippen molar-refractivity contribution in [2.24, 2.45) is 0 Å². The van der Waals surface area contributed by atoms with Crippen molar-refractivity contribution in [1.82, 2.24) is 5.32 Å². The van der Waals surface area contributed by atoms with Crippen LogP contribution in [0.5, 0.6) is 0 Å². The molecule has 1 amide bonds. The third kappa shape index (κ3) is 4.02. The van der Waals surface area contributed by atoms with E-state index < -0.39 is 11.9 Å². The van der Waals surface area contributed by atoms with Crippen LogP contribution in [-0.4, -0.2) is 25.5 Å². The van der Waals surface area contributed by atoms with E-state index in [0.29, 0.717) is 13.0 Å². The first-order valence-electron chi connectivity index (χ1n) is 4.74. The summed E-state index contributed by atoms with van der Waals surface area (Å²) in [7, 11) is 1.18. The number of halogens is 1. The molecule has 1 aromatic rings. The van der Waals surface area contributed by atoms with Crippen molar-refractivity contribution in [3.05, 3.63) is 34.3 Å². The smallest absolute Gasteiger partial charge is 0.396 e. The van der Waals surface area contributed by atoms with Gasteiger partial charge in [-0.2, -0.15) is 0 Å². The van der Waals surface area contributed by atoms with Crippen molar-refractivity contribution < 1.29 is 14.3 Å². The summed E-state index contributed by atoms with van der Waals surface area (Å²) < 4.78 is 5.28. The molecule has 4 nitrogen and oxygen atoms in total. The maximum Gasteiger partial charge on any atom is 0.396 e. The summed E-state index contributed by atoms with van der Waals surface area (Å²) in [6.45, 7) is 0.412. The maximum atomic E-state index is 11.0. The van der Waals surface area contributed by atoms with Gasteiger partial charge in [0.2, 0.25) is 0 Å². The van der Waals surface area contributed by atoms with E-state index in [1.54, 1.807) is 0 Å². The summed E-state index contributed by atoms with van der Waals surface area (Å²) in [5, 5.41) is 2.47. The molecule has 1 aromatic carbocycles. The molecule has 86 valence electrons. The number of ether oxygens (including phenoxy) is 1. The fourth-order valence-corrected chi connectivity index (χ4v) is 1.40. The first kappa shape index (κ1) is 12.7. The highest BCUT2D eigenvalue weighted by molar-refractivity contribution is 9.10. The molecule has 0 saturated heterocycles. The van der Waals surface area contributed by atoms with E-state index >= 15 is 0 Å². The van der Waals surface area contributed by atoms with Crippen LogP contribution in [0.3, 0.4) is 0 Å². The number of hydrogen-bond donors (Lipinski definition) is 1. The molecule has 0 aliphatic carbocycles. The van der Waals surface area contributed by atoms with Gasteiger partial charge < -0.3 is 10.1 Å². The number of hydrogen-bond acceptors (Lipinski definition) is 3.